The van der Waals surface area contributed by atoms with Crippen molar-refractivity contribution in [2.75, 3.05) is 0 Å². The molecule has 3 aromatic rings. The van der Waals surface area contributed by atoms with Crippen LogP contribution in [0, 0.1) is 6.92 Å². The Balaban J connectivity index is 2.10. The highest BCUT2D eigenvalue weighted by atomic mass is 32.2. The molecule has 4 rings (SSSR count). The van der Waals surface area contributed by atoms with E-state index in [-0.39, 0.29) is 0 Å². The second-order valence-electron chi connectivity index (χ2n) is 5.39. The standard InChI is InChI=1S/C19H16S/c1-3-13-8-9-15-16-6-4-5-14-12(2)7-10-17(19(14)16)20-18(15)11-13/h4-11H,3H2,1-2H3. The van der Waals surface area contributed by atoms with E-state index in [4.69, 9.17) is 0 Å². The van der Waals surface area contributed by atoms with Gasteiger partial charge in [-0.25, -0.2) is 0 Å². The maximum Gasteiger partial charge on any atom is 0.0207 e. The molecule has 0 aliphatic carbocycles. The normalized spacial score (nSPS) is 12.5. The van der Waals surface area contributed by atoms with Crippen LogP contribution in [0.1, 0.15) is 18.1 Å². The Hall–Kier alpha value is -1.73. The zero-order valence-corrected chi connectivity index (χ0v) is 12.6. The van der Waals surface area contributed by atoms with Crippen LogP contribution in [-0.2, 0) is 6.42 Å². The molecule has 0 spiro atoms. The Morgan fingerprint density at radius 1 is 0.900 bits per heavy atom. The maximum absolute atomic E-state index is 2.35. The van der Waals surface area contributed by atoms with Crippen molar-refractivity contribution in [1.29, 1.82) is 0 Å². The van der Waals surface area contributed by atoms with Crippen molar-refractivity contribution in [1.82, 2.24) is 0 Å². The van der Waals surface area contributed by atoms with Crippen molar-refractivity contribution in [3.8, 4) is 11.1 Å². The molecule has 0 fully saturated rings. The fourth-order valence-electron chi connectivity index (χ4n) is 3.04. The Morgan fingerprint density at radius 3 is 2.65 bits per heavy atom. The predicted octanol–water partition coefficient (Wildman–Crippen LogP) is 5.84. The Morgan fingerprint density at radius 2 is 1.80 bits per heavy atom. The summed E-state index contributed by atoms with van der Waals surface area (Å²) in [7, 11) is 0. The first-order chi connectivity index (χ1) is 9.78. The van der Waals surface area contributed by atoms with Crippen molar-refractivity contribution >= 4 is 22.5 Å². The minimum Gasteiger partial charge on any atom is -0.0888 e. The summed E-state index contributed by atoms with van der Waals surface area (Å²) < 4.78 is 0. The first-order valence-electron chi connectivity index (χ1n) is 7.11. The van der Waals surface area contributed by atoms with Crippen LogP contribution in [0.2, 0.25) is 0 Å². The molecule has 0 saturated carbocycles. The zero-order chi connectivity index (χ0) is 13.7. The van der Waals surface area contributed by atoms with Gasteiger partial charge in [-0.1, -0.05) is 55.1 Å². The molecule has 98 valence electrons. The molecule has 0 nitrogen and oxygen atoms in total. The Kier molecular flexibility index (Phi) is 2.64. The Labute approximate surface area is 123 Å². The molecule has 3 aromatic carbocycles. The molecule has 0 N–H and O–H groups in total. The van der Waals surface area contributed by atoms with E-state index in [1.54, 1.807) is 0 Å². The van der Waals surface area contributed by atoms with E-state index < -0.39 is 0 Å². The van der Waals surface area contributed by atoms with Gasteiger partial charge in [-0.3, -0.25) is 0 Å². The van der Waals surface area contributed by atoms with Gasteiger partial charge in [-0.2, -0.15) is 0 Å². The second-order valence-corrected chi connectivity index (χ2v) is 6.48. The third kappa shape index (κ3) is 1.63. The fourth-order valence-corrected chi connectivity index (χ4v) is 4.24. The van der Waals surface area contributed by atoms with Gasteiger partial charge in [-0.05, 0) is 53.1 Å². The lowest BCUT2D eigenvalue weighted by Gasteiger charge is -2.21. The summed E-state index contributed by atoms with van der Waals surface area (Å²) in [5.41, 5.74) is 5.55. The average Bonchev–Trinajstić information content (AvgIpc) is 2.50. The van der Waals surface area contributed by atoms with E-state index in [1.807, 2.05) is 11.8 Å². The second kappa shape index (κ2) is 4.39. The van der Waals surface area contributed by atoms with E-state index in [9.17, 15) is 0 Å². The number of fused-ring (bicyclic) bond motifs is 2. The van der Waals surface area contributed by atoms with Gasteiger partial charge >= 0.3 is 0 Å². The molecule has 0 atom stereocenters. The van der Waals surface area contributed by atoms with Crippen molar-refractivity contribution in [2.24, 2.45) is 0 Å². The van der Waals surface area contributed by atoms with Gasteiger partial charge in [-0.15, -0.1) is 0 Å². The molecule has 20 heavy (non-hydrogen) atoms. The quantitative estimate of drug-likeness (QED) is 0.420. The van der Waals surface area contributed by atoms with Crippen molar-refractivity contribution in [3.05, 3.63) is 59.7 Å². The van der Waals surface area contributed by atoms with Crippen molar-refractivity contribution in [2.45, 2.75) is 30.1 Å². The summed E-state index contributed by atoms with van der Waals surface area (Å²) in [5, 5.41) is 2.81. The van der Waals surface area contributed by atoms with Crippen LogP contribution in [0.15, 0.2) is 58.3 Å². The number of hydrogen-bond acceptors (Lipinski definition) is 1. The first kappa shape index (κ1) is 12.0. The fraction of sp³-hybridized carbons (Fsp3) is 0.158. The summed E-state index contributed by atoms with van der Waals surface area (Å²) in [6, 6.07) is 18.1. The molecule has 0 saturated heterocycles. The van der Waals surface area contributed by atoms with Crippen LogP contribution in [0.5, 0.6) is 0 Å². The smallest absolute Gasteiger partial charge is 0.0207 e. The minimum atomic E-state index is 1.10. The van der Waals surface area contributed by atoms with Crippen molar-refractivity contribution in [3.63, 3.8) is 0 Å². The van der Waals surface area contributed by atoms with Crippen LogP contribution in [0.4, 0.5) is 0 Å². The van der Waals surface area contributed by atoms with E-state index in [0.29, 0.717) is 0 Å². The van der Waals surface area contributed by atoms with Gasteiger partial charge in [0.05, 0.1) is 0 Å². The lowest BCUT2D eigenvalue weighted by molar-refractivity contribution is 1.12. The van der Waals surface area contributed by atoms with E-state index in [0.717, 1.165) is 6.42 Å². The van der Waals surface area contributed by atoms with Crippen LogP contribution in [0.3, 0.4) is 0 Å². The number of benzene rings is 3. The molecule has 0 unspecified atom stereocenters. The first-order valence-corrected chi connectivity index (χ1v) is 7.93. The Bertz CT molecular complexity index is 831. The zero-order valence-electron chi connectivity index (χ0n) is 11.7. The number of rotatable bonds is 1. The molecule has 1 heterocycles. The van der Waals surface area contributed by atoms with Crippen LogP contribution in [0.25, 0.3) is 21.9 Å². The maximum atomic E-state index is 2.35. The number of hydrogen-bond donors (Lipinski definition) is 0. The van der Waals surface area contributed by atoms with Gasteiger partial charge < -0.3 is 0 Å². The molecular formula is C19H16S. The topological polar surface area (TPSA) is 0 Å². The molecule has 0 amide bonds. The third-order valence-corrected chi connectivity index (χ3v) is 5.30. The summed E-state index contributed by atoms with van der Waals surface area (Å²) >= 11 is 1.91. The van der Waals surface area contributed by atoms with Crippen molar-refractivity contribution < 1.29 is 0 Å². The molecule has 0 radical (unpaired) electrons. The molecule has 0 bridgehead atoms. The van der Waals surface area contributed by atoms with Crippen LogP contribution >= 0.6 is 11.8 Å². The SMILES string of the molecule is CCc1ccc2c(c1)Sc1ccc(C)c3cccc-2c13. The van der Waals surface area contributed by atoms with Gasteiger partial charge in [0.15, 0.2) is 0 Å². The lowest BCUT2D eigenvalue weighted by Crippen LogP contribution is -1.95. The summed E-state index contributed by atoms with van der Waals surface area (Å²) in [6.45, 7) is 4.41. The third-order valence-electron chi connectivity index (χ3n) is 4.18. The average molecular weight is 276 g/mol. The summed E-state index contributed by atoms with van der Waals surface area (Å²) in [5.74, 6) is 0. The summed E-state index contributed by atoms with van der Waals surface area (Å²) in [6.07, 6.45) is 1.10. The highest BCUT2D eigenvalue weighted by molar-refractivity contribution is 7.99. The molecule has 1 aliphatic heterocycles. The molecule has 0 aromatic heterocycles. The lowest BCUT2D eigenvalue weighted by atomic mass is 9.94. The summed E-state index contributed by atoms with van der Waals surface area (Å²) in [4.78, 5) is 2.79. The highest BCUT2D eigenvalue weighted by Crippen LogP contribution is 2.48. The molecular weight excluding hydrogens is 260 g/mol. The van der Waals surface area contributed by atoms with E-state index in [1.165, 1.54) is 42.8 Å². The predicted molar refractivity (Wildman–Crippen MR) is 87.6 cm³/mol. The number of aryl methyl sites for hydroxylation is 2. The van der Waals surface area contributed by atoms with Crippen LogP contribution < -0.4 is 0 Å². The van der Waals surface area contributed by atoms with Gasteiger partial charge in [0.2, 0.25) is 0 Å². The molecule has 1 heteroatoms. The van der Waals surface area contributed by atoms with E-state index >= 15 is 0 Å². The molecule has 1 aliphatic rings. The van der Waals surface area contributed by atoms with Gasteiger partial charge in [0, 0.05) is 15.2 Å². The van der Waals surface area contributed by atoms with Gasteiger partial charge in [0.25, 0.3) is 0 Å². The minimum absolute atomic E-state index is 1.10. The van der Waals surface area contributed by atoms with E-state index in [2.05, 4.69) is 62.4 Å². The van der Waals surface area contributed by atoms with Gasteiger partial charge in [0.1, 0.15) is 0 Å². The largest absolute Gasteiger partial charge is 0.0888 e. The highest BCUT2D eigenvalue weighted by Gasteiger charge is 2.19. The van der Waals surface area contributed by atoms with Crippen LogP contribution in [-0.4, -0.2) is 0 Å². The monoisotopic (exact) mass is 276 g/mol.